The predicted octanol–water partition coefficient (Wildman–Crippen LogP) is 3.73. The van der Waals surface area contributed by atoms with Gasteiger partial charge in [0.1, 0.15) is 5.01 Å². The number of benzene rings is 1. The molecule has 1 aromatic carbocycles. The van der Waals surface area contributed by atoms with Crippen LogP contribution in [0.1, 0.15) is 17.5 Å². The van der Waals surface area contributed by atoms with Crippen molar-refractivity contribution in [3.05, 3.63) is 59.3 Å². The fourth-order valence-electron chi connectivity index (χ4n) is 2.62. The molecule has 29 heavy (non-hydrogen) atoms. The van der Waals surface area contributed by atoms with Crippen LogP contribution in [0.4, 0.5) is 5.13 Å². The standard InChI is InChI=1S/C19H18N6O2S2/c1-2-16-21-23-18(29-16)20-15(26)12-28-19-24-22-17(14-9-6-10-27-14)25(19)11-13-7-4-3-5-8-13/h3-10H,2,11-12H2,1H3,(H,20,23,26). The second-order valence-electron chi connectivity index (χ2n) is 6.05. The molecule has 10 heteroatoms. The number of aryl methyl sites for hydroxylation is 1. The first-order valence-electron chi connectivity index (χ1n) is 8.99. The number of carbonyl (C=O) groups excluding carboxylic acids is 1. The molecular weight excluding hydrogens is 408 g/mol. The fourth-order valence-corrected chi connectivity index (χ4v) is 4.06. The van der Waals surface area contributed by atoms with E-state index in [0.29, 0.717) is 28.4 Å². The zero-order valence-electron chi connectivity index (χ0n) is 15.6. The van der Waals surface area contributed by atoms with Gasteiger partial charge in [0.2, 0.25) is 16.9 Å². The summed E-state index contributed by atoms with van der Waals surface area (Å²) in [5, 5.41) is 21.4. The van der Waals surface area contributed by atoms with Gasteiger partial charge >= 0.3 is 0 Å². The molecule has 0 unspecified atom stereocenters. The summed E-state index contributed by atoms with van der Waals surface area (Å²) in [6.45, 7) is 2.57. The van der Waals surface area contributed by atoms with E-state index in [1.165, 1.54) is 23.1 Å². The highest BCUT2D eigenvalue weighted by Gasteiger charge is 2.18. The van der Waals surface area contributed by atoms with E-state index in [2.05, 4.69) is 25.7 Å². The van der Waals surface area contributed by atoms with Crippen molar-refractivity contribution in [2.45, 2.75) is 25.0 Å². The third kappa shape index (κ3) is 4.72. The van der Waals surface area contributed by atoms with Crippen LogP contribution >= 0.6 is 23.1 Å². The number of hydrogen-bond acceptors (Lipinski definition) is 8. The van der Waals surface area contributed by atoms with E-state index < -0.39 is 0 Å². The maximum absolute atomic E-state index is 12.3. The monoisotopic (exact) mass is 426 g/mol. The quantitative estimate of drug-likeness (QED) is 0.429. The van der Waals surface area contributed by atoms with Gasteiger partial charge in [-0.1, -0.05) is 60.4 Å². The molecule has 0 bridgehead atoms. The Balaban J connectivity index is 1.49. The van der Waals surface area contributed by atoms with Gasteiger partial charge in [-0.15, -0.1) is 20.4 Å². The molecule has 4 rings (SSSR count). The average Bonchev–Trinajstić information content (AvgIpc) is 3.48. The number of nitrogens with one attached hydrogen (secondary N) is 1. The van der Waals surface area contributed by atoms with Crippen LogP contribution in [0.5, 0.6) is 0 Å². The summed E-state index contributed by atoms with van der Waals surface area (Å²) in [5.74, 6) is 1.28. The van der Waals surface area contributed by atoms with Crippen molar-refractivity contribution >= 4 is 34.1 Å². The lowest BCUT2D eigenvalue weighted by atomic mass is 10.2. The number of thioether (sulfide) groups is 1. The van der Waals surface area contributed by atoms with Gasteiger partial charge in [-0.05, 0) is 24.1 Å². The Morgan fingerprint density at radius 2 is 2.00 bits per heavy atom. The van der Waals surface area contributed by atoms with Crippen LogP contribution < -0.4 is 5.32 Å². The molecular formula is C19H18N6O2S2. The zero-order chi connectivity index (χ0) is 20.1. The van der Waals surface area contributed by atoms with E-state index in [1.807, 2.05) is 54.0 Å². The van der Waals surface area contributed by atoms with Crippen molar-refractivity contribution in [1.82, 2.24) is 25.0 Å². The number of aromatic nitrogens is 5. The van der Waals surface area contributed by atoms with Crippen molar-refractivity contribution < 1.29 is 9.21 Å². The highest BCUT2D eigenvalue weighted by molar-refractivity contribution is 7.99. The van der Waals surface area contributed by atoms with Gasteiger partial charge in [-0.3, -0.25) is 14.7 Å². The van der Waals surface area contributed by atoms with Crippen LogP contribution in [0.3, 0.4) is 0 Å². The minimum Gasteiger partial charge on any atom is -0.461 e. The molecule has 8 nitrogen and oxygen atoms in total. The van der Waals surface area contributed by atoms with Gasteiger partial charge in [0.05, 0.1) is 18.6 Å². The number of amides is 1. The fraction of sp³-hybridized carbons (Fsp3) is 0.211. The maximum Gasteiger partial charge on any atom is 0.236 e. The van der Waals surface area contributed by atoms with Crippen LogP contribution in [0.25, 0.3) is 11.6 Å². The molecule has 0 saturated heterocycles. The minimum absolute atomic E-state index is 0.164. The number of nitrogens with zero attached hydrogens (tertiary/aromatic N) is 5. The lowest BCUT2D eigenvalue weighted by Crippen LogP contribution is -2.14. The molecule has 3 heterocycles. The Kier molecular flexibility index (Phi) is 6.01. The Morgan fingerprint density at radius 3 is 2.72 bits per heavy atom. The molecule has 1 amide bonds. The summed E-state index contributed by atoms with van der Waals surface area (Å²) >= 11 is 2.70. The summed E-state index contributed by atoms with van der Waals surface area (Å²) in [6, 6.07) is 13.7. The summed E-state index contributed by atoms with van der Waals surface area (Å²) in [6.07, 6.45) is 2.39. The van der Waals surface area contributed by atoms with Crippen molar-refractivity contribution in [3.8, 4) is 11.6 Å². The van der Waals surface area contributed by atoms with E-state index in [9.17, 15) is 4.79 Å². The van der Waals surface area contributed by atoms with Gasteiger partial charge in [0.25, 0.3) is 0 Å². The Labute approximate surface area is 175 Å². The summed E-state index contributed by atoms with van der Waals surface area (Å²) in [5.41, 5.74) is 1.10. The molecule has 0 radical (unpaired) electrons. The maximum atomic E-state index is 12.3. The summed E-state index contributed by atoms with van der Waals surface area (Å²) in [4.78, 5) is 12.3. The van der Waals surface area contributed by atoms with E-state index in [0.717, 1.165) is 17.0 Å². The van der Waals surface area contributed by atoms with E-state index in [4.69, 9.17) is 4.42 Å². The molecule has 0 fully saturated rings. The first-order chi connectivity index (χ1) is 14.2. The predicted molar refractivity (Wildman–Crippen MR) is 112 cm³/mol. The average molecular weight is 427 g/mol. The van der Waals surface area contributed by atoms with Gasteiger partial charge in [-0.25, -0.2) is 0 Å². The molecule has 0 spiro atoms. The largest absolute Gasteiger partial charge is 0.461 e. The molecule has 4 aromatic rings. The Bertz CT molecular complexity index is 1080. The third-order valence-corrected chi connectivity index (χ3v) is 5.94. The molecule has 0 aliphatic rings. The number of furan rings is 1. The second-order valence-corrected chi connectivity index (χ2v) is 8.05. The number of carbonyl (C=O) groups is 1. The highest BCUT2D eigenvalue weighted by Crippen LogP contribution is 2.26. The van der Waals surface area contributed by atoms with E-state index in [1.54, 1.807) is 6.26 Å². The normalized spacial score (nSPS) is 10.9. The molecule has 0 saturated carbocycles. The third-order valence-electron chi connectivity index (χ3n) is 3.99. The van der Waals surface area contributed by atoms with Crippen molar-refractivity contribution in [1.29, 1.82) is 0 Å². The number of rotatable bonds is 8. The zero-order valence-corrected chi connectivity index (χ0v) is 17.2. The first-order valence-corrected chi connectivity index (χ1v) is 10.8. The molecule has 1 N–H and O–H groups in total. The van der Waals surface area contributed by atoms with Crippen molar-refractivity contribution in [2.24, 2.45) is 0 Å². The van der Waals surface area contributed by atoms with Crippen LogP contribution in [-0.4, -0.2) is 36.6 Å². The number of hydrogen-bond donors (Lipinski definition) is 1. The Morgan fingerprint density at radius 1 is 1.14 bits per heavy atom. The van der Waals surface area contributed by atoms with Gasteiger partial charge in [0.15, 0.2) is 10.9 Å². The summed E-state index contributed by atoms with van der Waals surface area (Å²) in [7, 11) is 0. The summed E-state index contributed by atoms with van der Waals surface area (Å²) < 4.78 is 7.45. The molecule has 3 aromatic heterocycles. The van der Waals surface area contributed by atoms with Gasteiger partial charge in [-0.2, -0.15) is 0 Å². The molecule has 0 aliphatic heterocycles. The van der Waals surface area contributed by atoms with Crippen LogP contribution in [0.15, 0.2) is 58.3 Å². The van der Waals surface area contributed by atoms with E-state index >= 15 is 0 Å². The topological polar surface area (TPSA) is 98.7 Å². The second kappa shape index (κ2) is 9.01. The van der Waals surface area contributed by atoms with Crippen LogP contribution in [0.2, 0.25) is 0 Å². The van der Waals surface area contributed by atoms with Crippen molar-refractivity contribution in [3.63, 3.8) is 0 Å². The minimum atomic E-state index is -0.164. The lowest BCUT2D eigenvalue weighted by molar-refractivity contribution is -0.113. The smallest absolute Gasteiger partial charge is 0.236 e. The molecule has 0 atom stereocenters. The van der Waals surface area contributed by atoms with Crippen LogP contribution in [0, 0.1) is 0 Å². The van der Waals surface area contributed by atoms with Gasteiger partial charge < -0.3 is 4.42 Å². The number of anilines is 1. The van der Waals surface area contributed by atoms with Gasteiger partial charge in [0, 0.05) is 0 Å². The first kappa shape index (κ1) is 19.3. The molecule has 0 aliphatic carbocycles. The Hall–Kier alpha value is -2.98. The SMILES string of the molecule is CCc1nnc(NC(=O)CSc2nnc(-c3ccco3)n2Cc2ccccc2)s1. The van der Waals surface area contributed by atoms with Crippen LogP contribution in [-0.2, 0) is 17.8 Å². The highest BCUT2D eigenvalue weighted by atomic mass is 32.2. The lowest BCUT2D eigenvalue weighted by Gasteiger charge is -2.09. The van der Waals surface area contributed by atoms with Crippen molar-refractivity contribution in [2.75, 3.05) is 11.1 Å². The molecule has 148 valence electrons. The van der Waals surface area contributed by atoms with E-state index in [-0.39, 0.29) is 11.7 Å².